The summed E-state index contributed by atoms with van der Waals surface area (Å²) in [4.78, 5) is 3.60. The summed E-state index contributed by atoms with van der Waals surface area (Å²) < 4.78 is 29.6. The van der Waals surface area contributed by atoms with Gasteiger partial charge in [-0.3, -0.25) is 0 Å². The molecule has 0 aliphatic heterocycles. The lowest BCUT2D eigenvalue weighted by atomic mass is 10.2. The highest BCUT2D eigenvalue weighted by molar-refractivity contribution is 6.32. The molecule has 78 valence electrons. The Hall–Kier alpha value is -0.940. The lowest BCUT2D eigenvalue weighted by Gasteiger charge is -2.10. The highest BCUT2D eigenvalue weighted by Crippen LogP contribution is 2.35. The number of methoxy groups -OCH3 is 1. The van der Waals surface area contributed by atoms with Crippen LogP contribution in [0.2, 0.25) is 5.02 Å². The number of alkyl halides is 2. The molecule has 1 heterocycles. The second-order valence-electron chi connectivity index (χ2n) is 2.48. The van der Waals surface area contributed by atoms with E-state index in [1.807, 2.05) is 0 Å². The fourth-order valence-electron chi connectivity index (χ4n) is 0.992. The first-order valence-corrected chi connectivity index (χ1v) is 4.09. The highest BCUT2D eigenvalue weighted by atomic mass is 35.5. The molecule has 0 amide bonds. The lowest BCUT2D eigenvalue weighted by molar-refractivity contribution is 0.145. The van der Waals surface area contributed by atoms with E-state index < -0.39 is 18.6 Å². The number of halogens is 3. The fraction of sp³-hybridized carbons (Fsp3) is 0.375. The van der Waals surface area contributed by atoms with Crippen molar-refractivity contribution in [3.8, 4) is 5.88 Å². The smallest absolute Gasteiger partial charge is 0.270 e. The molecule has 1 N–H and O–H groups in total. The van der Waals surface area contributed by atoms with Gasteiger partial charge in [-0.2, -0.15) is 0 Å². The third-order valence-corrected chi connectivity index (χ3v) is 2.11. The van der Waals surface area contributed by atoms with Crippen LogP contribution in [-0.2, 0) is 6.61 Å². The minimum atomic E-state index is -2.78. The molecule has 0 unspecified atom stereocenters. The highest BCUT2D eigenvalue weighted by Gasteiger charge is 2.21. The minimum Gasteiger partial charge on any atom is -0.481 e. The first-order valence-electron chi connectivity index (χ1n) is 3.72. The van der Waals surface area contributed by atoms with Crippen molar-refractivity contribution in [2.24, 2.45) is 0 Å². The van der Waals surface area contributed by atoms with Crippen LogP contribution >= 0.6 is 11.6 Å². The molecule has 0 aliphatic carbocycles. The third-order valence-electron chi connectivity index (χ3n) is 1.67. The molecular formula is C8H8ClF2NO2. The van der Waals surface area contributed by atoms with Crippen LogP contribution < -0.4 is 4.74 Å². The van der Waals surface area contributed by atoms with Gasteiger partial charge in [-0.05, 0) is 0 Å². The van der Waals surface area contributed by atoms with Gasteiger partial charge >= 0.3 is 0 Å². The van der Waals surface area contributed by atoms with Crippen molar-refractivity contribution in [3.05, 3.63) is 22.3 Å². The quantitative estimate of drug-likeness (QED) is 0.854. The summed E-state index contributed by atoms with van der Waals surface area (Å²) in [5.41, 5.74) is -0.330. The van der Waals surface area contributed by atoms with E-state index in [1.165, 1.54) is 13.3 Å². The van der Waals surface area contributed by atoms with E-state index in [4.69, 9.17) is 16.7 Å². The van der Waals surface area contributed by atoms with Gasteiger partial charge in [0.15, 0.2) is 0 Å². The summed E-state index contributed by atoms with van der Waals surface area (Å²) >= 11 is 5.63. The van der Waals surface area contributed by atoms with Crippen LogP contribution in [0.25, 0.3) is 0 Å². The number of aliphatic hydroxyl groups excluding tert-OH is 1. The molecule has 0 atom stereocenters. The molecule has 1 aromatic heterocycles. The molecule has 0 aliphatic rings. The molecule has 3 nitrogen and oxygen atoms in total. The Kier molecular flexibility index (Phi) is 3.60. The van der Waals surface area contributed by atoms with Gasteiger partial charge < -0.3 is 9.84 Å². The molecule has 0 radical (unpaired) electrons. The maximum absolute atomic E-state index is 12.5. The van der Waals surface area contributed by atoms with Crippen LogP contribution in [0.5, 0.6) is 5.88 Å². The van der Waals surface area contributed by atoms with Crippen LogP contribution in [-0.4, -0.2) is 17.2 Å². The van der Waals surface area contributed by atoms with Crippen LogP contribution in [0, 0.1) is 0 Å². The number of hydrogen-bond donors (Lipinski definition) is 1. The van der Waals surface area contributed by atoms with Gasteiger partial charge in [0.1, 0.15) is 0 Å². The Morgan fingerprint density at radius 2 is 2.29 bits per heavy atom. The van der Waals surface area contributed by atoms with E-state index >= 15 is 0 Å². The summed E-state index contributed by atoms with van der Waals surface area (Å²) in [5, 5.41) is 8.58. The molecule has 0 saturated carbocycles. The molecule has 0 bridgehead atoms. The SMILES string of the molecule is COc1ncc(CO)c(Cl)c1C(F)F. The number of rotatable bonds is 3. The average Bonchev–Trinajstić information content (AvgIpc) is 2.16. The Labute approximate surface area is 84.3 Å². The maximum Gasteiger partial charge on any atom is 0.270 e. The number of hydrogen-bond acceptors (Lipinski definition) is 3. The second-order valence-corrected chi connectivity index (χ2v) is 2.86. The van der Waals surface area contributed by atoms with Crippen molar-refractivity contribution in [1.82, 2.24) is 4.98 Å². The maximum atomic E-state index is 12.5. The second kappa shape index (κ2) is 4.52. The Balaban J connectivity index is 3.31. The Morgan fingerprint density at radius 1 is 1.64 bits per heavy atom. The van der Waals surface area contributed by atoms with E-state index in [9.17, 15) is 8.78 Å². The van der Waals surface area contributed by atoms with Gasteiger partial charge in [-0.25, -0.2) is 13.8 Å². The molecule has 1 rings (SSSR count). The number of nitrogens with zero attached hydrogens (tertiary/aromatic N) is 1. The number of aliphatic hydroxyl groups is 1. The van der Waals surface area contributed by atoms with Crippen molar-refractivity contribution < 1.29 is 18.6 Å². The van der Waals surface area contributed by atoms with Crippen molar-refractivity contribution in [2.75, 3.05) is 7.11 Å². The summed E-state index contributed by atoms with van der Waals surface area (Å²) in [6.07, 6.45) is -1.58. The zero-order valence-corrected chi connectivity index (χ0v) is 8.05. The average molecular weight is 224 g/mol. The summed E-state index contributed by atoms with van der Waals surface area (Å²) in [6.45, 7) is -0.435. The van der Waals surface area contributed by atoms with Crippen LogP contribution in [0.1, 0.15) is 17.6 Å². The van der Waals surface area contributed by atoms with Crippen molar-refractivity contribution in [3.63, 3.8) is 0 Å². The molecule has 0 fully saturated rings. The zero-order chi connectivity index (χ0) is 10.7. The van der Waals surface area contributed by atoms with Crippen LogP contribution in [0.15, 0.2) is 6.20 Å². The summed E-state index contributed by atoms with van der Waals surface area (Å²) in [7, 11) is 1.23. The van der Waals surface area contributed by atoms with Gasteiger partial charge in [-0.15, -0.1) is 0 Å². The number of ether oxygens (including phenoxy) is 1. The first-order chi connectivity index (χ1) is 6.61. The topological polar surface area (TPSA) is 42.4 Å². The molecule has 0 spiro atoms. The van der Waals surface area contributed by atoms with Gasteiger partial charge in [0, 0.05) is 11.8 Å². The van der Waals surface area contributed by atoms with Crippen molar-refractivity contribution in [2.45, 2.75) is 13.0 Å². The monoisotopic (exact) mass is 223 g/mol. The van der Waals surface area contributed by atoms with Crippen molar-refractivity contribution >= 4 is 11.6 Å². The number of aromatic nitrogens is 1. The van der Waals surface area contributed by atoms with Crippen LogP contribution in [0.3, 0.4) is 0 Å². The summed E-state index contributed by atoms with van der Waals surface area (Å²) in [6, 6.07) is 0. The largest absolute Gasteiger partial charge is 0.481 e. The van der Waals surface area contributed by atoms with E-state index in [0.29, 0.717) is 0 Å². The standard InChI is InChI=1S/C8H8ClF2NO2/c1-14-8-5(7(10)11)6(9)4(3-13)2-12-8/h2,7,13H,3H2,1H3. The van der Waals surface area contributed by atoms with Gasteiger partial charge in [0.25, 0.3) is 6.43 Å². The van der Waals surface area contributed by atoms with E-state index in [1.54, 1.807) is 0 Å². The predicted octanol–water partition coefficient (Wildman–Crippen LogP) is 2.17. The molecule has 1 aromatic rings. The third kappa shape index (κ3) is 1.93. The van der Waals surface area contributed by atoms with E-state index in [0.717, 1.165) is 0 Å². The summed E-state index contributed by atoms with van der Waals surface area (Å²) in [5.74, 6) is -0.220. The van der Waals surface area contributed by atoms with Crippen LogP contribution in [0.4, 0.5) is 8.78 Å². The molecule has 0 saturated heterocycles. The fourth-order valence-corrected chi connectivity index (χ4v) is 1.26. The molecule has 0 aromatic carbocycles. The first kappa shape index (κ1) is 11.1. The normalized spacial score (nSPS) is 10.7. The Morgan fingerprint density at radius 3 is 2.71 bits per heavy atom. The van der Waals surface area contributed by atoms with Gasteiger partial charge in [0.2, 0.25) is 5.88 Å². The minimum absolute atomic E-state index is 0.155. The number of pyridine rings is 1. The molecule has 14 heavy (non-hydrogen) atoms. The van der Waals surface area contributed by atoms with E-state index in [-0.39, 0.29) is 16.5 Å². The Bertz CT molecular complexity index is 333. The predicted molar refractivity (Wildman–Crippen MR) is 46.7 cm³/mol. The van der Waals surface area contributed by atoms with E-state index in [2.05, 4.69) is 9.72 Å². The van der Waals surface area contributed by atoms with Crippen molar-refractivity contribution in [1.29, 1.82) is 0 Å². The zero-order valence-electron chi connectivity index (χ0n) is 7.30. The van der Waals surface area contributed by atoms with Gasteiger partial charge in [0.05, 0.1) is 24.3 Å². The molecular weight excluding hydrogens is 216 g/mol. The van der Waals surface area contributed by atoms with Gasteiger partial charge in [-0.1, -0.05) is 11.6 Å². The lowest BCUT2D eigenvalue weighted by Crippen LogP contribution is -2.00. The molecule has 6 heteroatoms.